The van der Waals surface area contributed by atoms with Crippen LogP contribution in [0.1, 0.15) is 101 Å². The van der Waals surface area contributed by atoms with Crippen LogP contribution in [0.5, 0.6) is 11.6 Å². The number of esters is 2. The average Bonchev–Trinajstić information content (AvgIpc) is 3.65. The van der Waals surface area contributed by atoms with Crippen LogP contribution in [-0.4, -0.2) is 76.9 Å². The van der Waals surface area contributed by atoms with E-state index >= 15 is 0 Å². The summed E-state index contributed by atoms with van der Waals surface area (Å²) in [4.78, 5) is 60.4. The fraction of sp³-hybridized carbons (Fsp3) is 0.628. The van der Waals surface area contributed by atoms with Gasteiger partial charge >= 0.3 is 18.0 Å². The first-order valence-electron chi connectivity index (χ1n) is 19.8. The van der Waals surface area contributed by atoms with E-state index in [-0.39, 0.29) is 47.4 Å². The van der Waals surface area contributed by atoms with Crippen molar-refractivity contribution in [3.8, 4) is 23.0 Å². The molecular weight excluding hydrogens is 729 g/mol. The summed E-state index contributed by atoms with van der Waals surface area (Å²) >= 11 is 0. The minimum Gasteiger partial charge on any atom is -0.495 e. The van der Waals surface area contributed by atoms with Crippen LogP contribution in [0, 0.1) is 46.5 Å². The molecule has 3 aromatic rings. The lowest BCUT2D eigenvalue weighted by Gasteiger charge is -2.51. The van der Waals surface area contributed by atoms with Gasteiger partial charge in [0.05, 0.1) is 32.6 Å². The van der Waals surface area contributed by atoms with Crippen LogP contribution in [0.2, 0.25) is 0 Å². The molecule has 312 valence electrons. The number of hydrogen-bond acceptors (Lipinski definition) is 9. The van der Waals surface area contributed by atoms with Gasteiger partial charge in [-0.05, 0) is 85.8 Å². The molecule has 1 aromatic carbocycles. The lowest BCUT2D eigenvalue weighted by molar-refractivity contribution is -0.147. The van der Waals surface area contributed by atoms with Gasteiger partial charge in [-0.1, -0.05) is 69.2 Å². The fourth-order valence-corrected chi connectivity index (χ4v) is 7.99. The minimum atomic E-state index is -1.06. The number of aromatic amines is 1. The fourth-order valence-electron chi connectivity index (χ4n) is 7.99. The highest BCUT2D eigenvalue weighted by Gasteiger charge is 2.46. The van der Waals surface area contributed by atoms with Crippen molar-refractivity contribution in [2.24, 2.45) is 39.9 Å². The summed E-state index contributed by atoms with van der Waals surface area (Å²) < 4.78 is 23.1. The van der Waals surface area contributed by atoms with Crippen LogP contribution < -0.4 is 14.8 Å². The van der Waals surface area contributed by atoms with Crippen LogP contribution in [0.4, 0.5) is 16.2 Å². The third-order valence-corrected chi connectivity index (χ3v) is 10.8. The van der Waals surface area contributed by atoms with E-state index in [4.69, 9.17) is 30.6 Å². The molecule has 4 rings (SSSR count). The molecule has 2 heterocycles. The zero-order valence-corrected chi connectivity index (χ0v) is 36.0. The van der Waals surface area contributed by atoms with E-state index < -0.39 is 36.5 Å². The Bertz CT molecular complexity index is 1940. The first-order chi connectivity index (χ1) is 26.5. The van der Waals surface area contributed by atoms with Gasteiger partial charge in [-0.3, -0.25) is 19.3 Å². The summed E-state index contributed by atoms with van der Waals surface area (Å²) in [6.45, 7) is 32.1. The molecule has 2 unspecified atom stereocenters. The number of H-pyrrole nitrogens is 1. The lowest BCUT2D eigenvalue weighted by atomic mass is 9.54. The molecule has 2 atom stereocenters. The summed E-state index contributed by atoms with van der Waals surface area (Å²) in [5.74, 6) is 0.293. The topological polar surface area (TPSA) is 158 Å². The number of fused-ring (bicyclic) bond motifs is 1. The highest BCUT2D eigenvalue weighted by Crippen LogP contribution is 2.54. The number of methoxy groups -OCH3 is 1. The van der Waals surface area contributed by atoms with E-state index in [0.717, 1.165) is 17.7 Å². The second kappa shape index (κ2) is 17.6. The number of rotatable bonds is 12. The Morgan fingerprint density at radius 3 is 1.98 bits per heavy atom. The van der Waals surface area contributed by atoms with Crippen LogP contribution in [-0.2, 0) is 30.3 Å². The summed E-state index contributed by atoms with van der Waals surface area (Å²) in [5.41, 5.74) is 1.51. The van der Waals surface area contributed by atoms with Crippen molar-refractivity contribution in [1.29, 1.82) is 0 Å². The Hall–Kier alpha value is -5.06. The largest absolute Gasteiger partial charge is 0.495 e. The first-order valence-corrected chi connectivity index (χ1v) is 19.8. The summed E-state index contributed by atoms with van der Waals surface area (Å²) in [7, 11) is 1.52. The summed E-state index contributed by atoms with van der Waals surface area (Å²) in [6, 6.07) is 5.26. The Balaban J connectivity index is 1.94. The molecule has 14 nitrogen and oxygen atoms in total. The second-order valence-corrected chi connectivity index (χ2v) is 18.3. The van der Waals surface area contributed by atoms with Gasteiger partial charge in [0.15, 0.2) is 5.82 Å². The maximum absolute atomic E-state index is 14.0. The molecule has 1 aliphatic rings. The standard InChI is InChI=1S/C43H62N6O8/c1-15-55-33(50)23-48(24-34(51)56-16-2)40(53)57-38-35(44-13)28(22-27-29(41(4,5)6)19-25(3)20-30(27)42(7,8)9)37-46-36(47-49(37)38)26-17-18-32(54-14)31(21-26)45-39(52)43(10,11)12/h17-18,21,25,27,29-30H,15-16,19-20,22-24H2,1-12,14H3,(H,45,52)(H,46,47). The Morgan fingerprint density at radius 2 is 1.51 bits per heavy atom. The molecular formula is C43H62N6O8. The Kier molecular flexibility index (Phi) is 13.8. The van der Waals surface area contributed by atoms with E-state index in [1.807, 2.05) is 20.8 Å². The summed E-state index contributed by atoms with van der Waals surface area (Å²) in [6.07, 6.45) is 1.52. The van der Waals surface area contributed by atoms with Gasteiger partial charge in [0.25, 0.3) is 5.69 Å². The van der Waals surface area contributed by atoms with Gasteiger partial charge in [0.2, 0.25) is 11.8 Å². The number of benzene rings is 1. The molecule has 0 bridgehead atoms. The van der Waals surface area contributed by atoms with Crippen LogP contribution in [0.25, 0.3) is 21.9 Å². The Labute approximate surface area is 337 Å². The highest BCUT2D eigenvalue weighted by atomic mass is 16.6. The molecule has 14 heteroatoms. The van der Waals surface area contributed by atoms with Crippen molar-refractivity contribution in [1.82, 2.24) is 19.5 Å². The lowest BCUT2D eigenvalue weighted by Crippen LogP contribution is -2.44. The number of carbonyl (C=O) groups excluding carboxylic acids is 4. The number of aromatic nitrogens is 3. The molecule has 0 aliphatic heterocycles. The van der Waals surface area contributed by atoms with Gasteiger partial charge in [0.1, 0.15) is 24.5 Å². The monoisotopic (exact) mass is 790 g/mol. The molecule has 0 saturated heterocycles. The van der Waals surface area contributed by atoms with Crippen molar-refractivity contribution in [3.63, 3.8) is 0 Å². The SMILES string of the molecule is [C-]#[N+]c1c(CC2C(C(C)(C)C)CC(C)CC2C(C)(C)C)c2[nH]c(-c3ccc(OC)c(NC(=O)C(C)(C)C)c3)nn2c1OC(=O)N(CC(=O)OCC)CC(=O)OCC. The van der Waals surface area contributed by atoms with Crippen molar-refractivity contribution >= 4 is 41.0 Å². The number of carbonyl (C=O) groups is 4. The van der Waals surface area contributed by atoms with Gasteiger partial charge in [-0.2, -0.15) is 4.52 Å². The Morgan fingerprint density at radius 1 is 0.947 bits per heavy atom. The molecule has 1 fully saturated rings. The van der Waals surface area contributed by atoms with Crippen LogP contribution >= 0.6 is 0 Å². The van der Waals surface area contributed by atoms with Crippen molar-refractivity contribution in [2.75, 3.05) is 38.7 Å². The molecule has 1 aliphatic carbocycles. The van der Waals surface area contributed by atoms with Gasteiger partial charge in [-0.25, -0.2) is 9.64 Å². The number of ether oxygens (including phenoxy) is 4. The quantitative estimate of drug-likeness (QED) is 0.135. The van der Waals surface area contributed by atoms with E-state index in [2.05, 4.69) is 63.6 Å². The maximum Gasteiger partial charge on any atom is 0.416 e. The summed E-state index contributed by atoms with van der Waals surface area (Å²) in [5, 5.41) is 7.82. The predicted molar refractivity (Wildman–Crippen MR) is 218 cm³/mol. The van der Waals surface area contributed by atoms with E-state index in [1.54, 1.807) is 32.0 Å². The van der Waals surface area contributed by atoms with Gasteiger partial charge in [-0.15, -0.1) is 5.10 Å². The third kappa shape index (κ3) is 10.5. The highest BCUT2D eigenvalue weighted by molar-refractivity contribution is 5.96. The number of nitrogens with zero attached hydrogens (tertiary/aromatic N) is 4. The molecule has 57 heavy (non-hydrogen) atoms. The van der Waals surface area contributed by atoms with Crippen LogP contribution in [0.3, 0.4) is 0 Å². The maximum atomic E-state index is 14.0. The van der Waals surface area contributed by atoms with Gasteiger partial charge < -0.3 is 29.2 Å². The number of amides is 2. The normalized spacial score (nSPS) is 18.7. The zero-order valence-electron chi connectivity index (χ0n) is 36.0. The molecule has 0 radical (unpaired) electrons. The van der Waals surface area contributed by atoms with E-state index in [0.29, 0.717) is 58.2 Å². The average molecular weight is 791 g/mol. The number of anilines is 1. The van der Waals surface area contributed by atoms with Crippen molar-refractivity contribution < 1.29 is 38.1 Å². The molecule has 2 amide bonds. The van der Waals surface area contributed by atoms with Crippen molar-refractivity contribution in [2.45, 2.75) is 102 Å². The second-order valence-electron chi connectivity index (χ2n) is 18.3. The first kappa shape index (κ1) is 44.7. The molecule has 1 saturated carbocycles. The third-order valence-electron chi connectivity index (χ3n) is 10.8. The minimum absolute atomic E-state index is 0.0356. The van der Waals surface area contributed by atoms with E-state index in [1.165, 1.54) is 11.6 Å². The van der Waals surface area contributed by atoms with E-state index in [9.17, 15) is 19.2 Å². The van der Waals surface area contributed by atoms with Gasteiger partial charge in [0, 0.05) is 16.5 Å². The molecule has 2 aromatic heterocycles. The number of nitrogens with one attached hydrogen (secondary N) is 2. The van der Waals surface area contributed by atoms with Crippen molar-refractivity contribution in [3.05, 3.63) is 35.2 Å². The molecule has 0 spiro atoms. The zero-order chi connectivity index (χ0) is 42.6. The number of hydrogen-bond donors (Lipinski definition) is 2. The molecule has 2 N–H and O–H groups in total. The van der Waals surface area contributed by atoms with Crippen LogP contribution in [0.15, 0.2) is 18.2 Å². The predicted octanol–water partition coefficient (Wildman–Crippen LogP) is 8.71. The smallest absolute Gasteiger partial charge is 0.416 e.